The van der Waals surface area contributed by atoms with Gasteiger partial charge in [0.15, 0.2) is 0 Å². The van der Waals surface area contributed by atoms with Crippen LogP contribution >= 0.6 is 0 Å². The smallest absolute Gasteiger partial charge is 0.143 e. The Morgan fingerprint density at radius 1 is 1.20 bits per heavy atom. The van der Waals surface area contributed by atoms with Gasteiger partial charge in [-0.2, -0.15) is 0 Å². The number of carboxylic acid groups (broad SMARTS) is 1. The summed E-state index contributed by atoms with van der Waals surface area (Å²) >= 11 is 0. The largest absolute Gasteiger partial charge is 0.549 e. The van der Waals surface area contributed by atoms with E-state index in [1.807, 2.05) is 0 Å². The lowest BCUT2D eigenvalue weighted by atomic mass is 9.97. The molecule has 1 unspecified atom stereocenters. The molecular weight excluding hydrogens is 132 g/mol. The van der Waals surface area contributed by atoms with E-state index in [1.165, 1.54) is 6.92 Å². The summed E-state index contributed by atoms with van der Waals surface area (Å²) in [6.45, 7) is 4.68. The monoisotopic (exact) mass is 143 g/mol. The van der Waals surface area contributed by atoms with Gasteiger partial charge in [-0.3, -0.25) is 4.79 Å². The van der Waals surface area contributed by atoms with Crippen LogP contribution in [0.4, 0.5) is 0 Å². The Labute approximate surface area is 60.0 Å². The molecule has 0 saturated carbocycles. The van der Waals surface area contributed by atoms with E-state index in [-0.39, 0.29) is 11.7 Å². The van der Waals surface area contributed by atoms with Gasteiger partial charge in [-0.1, -0.05) is 20.8 Å². The number of rotatable bonds is 3. The van der Waals surface area contributed by atoms with Crippen LogP contribution in [0.3, 0.4) is 0 Å². The van der Waals surface area contributed by atoms with Gasteiger partial charge in [-0.25, -0.2) is 0 Å². The molecule has 58 valence electrons. The lowest BCUT2D eigenvalue weighted by molar-refractivity contribution is -0.309. The fraction of sp³-hybridized carbons (Fsp3) is 0.714. The minimum Gasteiger partial charge on any atom is -0.549 e. The second-order valence-electron chi connectivity index (χ2n) is 2.60. The van der Waals surface area contributed by atoms with Crippen molar-refractivity contribution < 1.29 is 14.7 Å². The zero-order valence-corrected chi connectivity index (χ0v) is 6.38. The van der Waals surface area contributed by atoms with Crippen LogP contribution in [0.15, 0.2) is 0 Å². The molecule has 3 heteroatoms. The van der Waals surface area contributed by atoms with Crippen molar-refractivity contribution in [3.8, 4) is 0 Å². The fourth-order valence-electron chi connectivity index (χ4n) is 0.616. The van der Waals surface area contributed by atoms with Crippen molar-refractivity contribution in [2.75, 3.05) is 0 Å². The Kier molecular flexibility index (Phi) is 3.06. The molecule has 0 aromatic heterocycles. The predicted molar refractivity (Wildman–Crippen MR) is 34.0 cm³/mol. The zero-order valence-electron chi connectivity index (χ0n) is 6.38. The molecule has 0 aromatic rings. The SMILES string of the molecule is CC(C)C(=O)C(C)C(=O)[O-]. The molecule has 0 fully saturated rings. The Morgan fingerprint density at radius 2 is 1.60 bits per heavy atom. The summed E-state index contributed by atoms with van der Waals surface area (Å²) < 4.78 is 0. The first-order valence-electron chi connectivity index (χ1n) is 3.21. The highest BCUT2D eigenvalue weighted by Gasteiger charge is 2.16. The zero-order chi connectivity index (χ0) is 8.31. The number of carboxylic acids is 1. The maximum absolute atomic E-state index is 10.9. The van der Waals surface area contributed by atoms with Gasteiger partial charge in [0.1, 0.15) is 5.78 Å². The van der Waals surface area contributed by atoms with Gasteiger partial charge in [-0.15, -0.1) is 0 Å². The number of carbonyl (C=O) groups excluding carboxylic acids is 2. The van der Waals surface area contributed by atoms with Gasteiger partial charge in [0.05, 0.1) is 11.9 Å². The van der Waals surface area contributed by atoms with Crippen LogP contribution in [0.5, 0.6) is 0 Å². The molecule has 0 aliphatic heterocycles. The summed E-state index contributed by atoms with van der Waals surface area (Å²) in [6.07, 6.45) is 0. The van der Waals surface area contributed by atoms with Gasteiger partial charge in [0.25, 0.3) is 0 Å². The molecule has 0 radical (unpaired) electrons. The van der Waals surface area contributed by atoms with Crippen molar-refractivity contribution in [3.05, 3.63) is 0 Å². The first-order valence-corrected chi connectivity index (χ1v) is 3.21. The lowest BCUT2D eigenvalue weighted by Crippen LogP contribution is -2.36. The fourth-order valence-corrected chi connectivity index (χ4v) is 0.616. The Bertz CT molecular complexity index is 149. The minimum absolute atomic E-state index is 0.229. The van der Waals surface area contributed by atoms with Crippen molar-refractivity contribution in [1.29, 1.82) is 0 Å². The molecule has 0 aromatic carbocycles. The molecule has 0 saturated heterocycles. The van der Waals surface area contributed by atoms with Crippen molar-refractivity contribution >= 4 is 11.8 Å². The van der Waals surface area contributed by atoms with Crippen molar-refractivity contribution in [2.45, 2.75) is 20.8 Å². The molecule has 0 rings (SSSR count). The quantitative estimate of drug-likeness (QED) is 0.505. The van der Waals surface area contributed by atoms with Crippen LogP contribution in [0, 0.1) is 11.8 Å². The van der Waals surface area contributed by atoms with E-state index in [0.29, 0.717) is 0 Å². The van der Waals surface area contributed by atoms with Crippen LogP contribution in [0.1, 0.15) is 20.8 Å². The van der Waals surface area contributed by atoms with E-state index in [4.69, 9.17) is 0 Å². The van der Waals surface area contributed by atoms with Gasteiger partial charge in [0, 0.05) is 5.92 Å². The van der Waals surface area contributed by atoms with Gasteiger partial charge in [0.2, 0.25) is 0 Å². The lowest BCUT2D eigenvalue weighted by Gasteiger charge is -2.12. The van der Waals surface area contributed by atoms with Crippen molar-refractivity contribution in [3.63, 3.8) is 0 Å². The maximum atomic E-state index is 10.9. The summed E-state index contributed by atoms with van der Waals surface area (Å²) in [5, 5.41) is 10.1. The molecule has 3 nitrogen and oxygen atoms in total. The van der Waals surface area contributed by atoms with Crippen LogP contribution in [-0.2, 0) is 9.59 Å². The van der Waals surface area contributed by atoms with Crippen LogP contribution < -0.4 is 5.11 Å². The first kappa shape index (κ1) is 9.14. The second kappa shape index (κ2) is 3.34. The average molecular weight is 143 g/mol. The molecule has 0 aliphatic rings. The third-order valence-electron chi connectivity index (χ3n) is 1.35. The number of hydrogen-bond acceptors (Lipinski definition) is 3. The third-order valence-corrected chi connectivity index (χ3v) is 1.35. The topological polar surface area (TPSA) is 57.2 Å². The standard InChI is InChI=1S/C7H12O3/c1-4(2)6(8)5(3)7(9)10/h4-5H,1-3H3,(H,9,10)/p-1. The minimum atomic E-state index is -1.29. The molecule has 0 amide bonds. The van der Waals surface area contributed by atoms with E-state index in [0.717, 1.165) is 0 Å². The number of Topliss-reactive ketones (excluding diaryl/α,β-unsaturated/α-hetero) is 1. The summed E-state index contributed by atoms with van der Waals surface area (Å²) in [6, 6.07) is 0. The van der Waals surface area contributed by atoms with Crippen LogP contribution in [0.2, 0.25) is 0 Å². The molecule has 0 bridgehead atoms. The van der Waals surface area contributed by atoms with Crippen LogP contribution in [0.25, 0.3) is 0 Å². The Morgan fingerprint density at radius 3 is 1.70 bits per heavy atom. The van der Waals surface area contributed by atoms with Gasteiger partial charge in [-0.05, 0) is 0 Å². The molecule has 10 heavy (non-hydrogen) atoms. The Hall–Kier alpha value is -0.860. The Balaban J connectivity index is 4.08. The van der Waals surface area contributed by atoms with Gasteiger partial charge >= 0.3 is 0 Å². The predicted octanol–water partition coefficient (Wildman–Crippen LogP) is -0.403. The molecule has 0 N–H and O–H groups in total. The van der Waals surface area contributed by atoms with Crippen molar-refractivity contribution in [2.24, 2.45) is 11.8 Å². The highest BCUT2D eigenvalue weighted by atomic mass is 16.4. The number of ketones is 1. The van der Waals surface area contributed by atoms with Gasteiger partial charge < -0.3 is 9.90 Å². The van der Waals surface area contributed by atoms with E-state index >= 15 is 0 Å². The van der Waals surface area contributed by atoms with E-state index in [9.17, 15) is 14.7 Å². The van der Waals surface area contributed by atoms with E-state index in [2.05, 4.69) is 0 Å². The number of aliphatic carboxylic acids is 1. The molecule has 1 atom stereocenters. The average Bonchev–Trinajstić information content (AvgIpc) is 1.84. The summed E-state index contributed by atoms with van der Waals surface area (Å²) in [4.78, 5) is 21.0. The maximum Gasteiger partial charge on any atom is 0.143 e. The molecule has 0 aliphatic carbocycles. The molecule has 0 spiro atoms. The third kappa shape index (κ3) is 2.17. The number of hydrogen-bond donors (Lipinski definition) is 0. The number of carbonyl (C=O) groups is 2. The second-order valence-corrected chi connectivity index (χ2v) is 2.60. The first-order chi connectivity index (χ1) is 4.46. The normalized spacial score (nSPS) is 13.2. The van der Waals surface area contributed by atoms with E-state index in [1.54, 1.807) is 13.8 Å². The highest BCUT2D eigenvalue weighted by Crippen LogP contribution is 2.04. The molecule has 0 heterocycles. The van der Waals surface area contributed by atoms with Crippen LogP contribution in [-0.4, -0.2) is 11.8 Å². The summed E-state index contributed by atoms with van der Waals surface area (Å²) in [7, 11) is 0. The summed E-state index contributed by atoms with van der Waals surface area (Å²) in [5.41, 5.74) is 0. The molecular formula is C7H11O3-. The van der Waals surface area contributed by atoms with E-state index < -0.39 is 11.9 Å². The summed E-state index contributed by atoms with van der Waals surface area (Å²) in [5.74, 6) is -2.77. The van der Waals surface area contributed by atoms with Crippen molar-refractivity contribution in [1.82, 2.24) is 0 Å². The highest BCUT2D eigenvalue weighted by molar-refractivity contribution is 5.97.